The lowest BCUT2D eigenvalue weighted by molar-refractivity contribution is -0.137. The van der Waals surface area contributed by atoms with Gasteiger partial charge < -0.3 is 4.74 Å². The monoisotopic (exact) mass is 530 g/mol. The maximum Gasteiger partial charge on any atom is 0.416 e. The second-order valence-electron chi connectivity index (χ2n) is 6.56. The third-order valence-electron chi connectivity index (χ3n) is 4.02. The number of alkyl halides is 3. The van der Waals surface area contributed by atoms with Gasteiger partial charge in [-0.2, -0.15) is 21.6 Å². The van der Waals surface area contributed by atoms with E-state index in [-0.39, 0.29) is 17.2 Å². The summed E-state index contributed by atoms with van der Waals surface area (Å²) >= 11 is 4.60. The summed E-state index contributed by atoms with van der Waals surface area (Å²) in [6.45, 7) is 0.524. The standard InChI is InChI=1S/C18H15BrF4OS.CH4O3S/c19-15-8-11(4-5-16(15)20)17-10-14(6-7-24-17)25-13-3-1-2-12(9-13)18(21,22)23;1-5(2,3)4/h1-5,8-9,14,17H,6-7,10H2;1H3,(H,2,3,4). The molecule has 0 aromatic heterocycles. The fourth-order valence-corrected chi connectivity index (χ4v) is 4.38. The van der Waals surface area contributed by atoms with Crippen LogP contribution in [-0.2, 0) is 21.0 Å². The van der Waals surface area contributed by atoms with Gasteiger partial charge in [-0.3, -0.25) is 4.55 Å². The molecule has 1 aliphatic heterocycles. The highest BCUT2D eigenvalue weighted by molar-refractivity contribution is 9.10. The quantitative estimate of drug-likeness (QED) is 0.382. The van der Waals surface area contributed by atoms with Crippen molar-refractivity contribution in [1.29, 1.82) is 0 Å². The third-order valence-corrected chi connectivity index (χ3v) is 5.91. The predicted octanol–water partition coefficient (Wildman–Crippen LogP) is 6.12. The summed E-state index contributed by atoms with van der Waals surface area (Å²) in [7, 11) is -3.67. The van der Waals surface area contributed by atoms with Gasteiger partial charge in [0.25, 0.3) is 10.1 Å². The molecule has 11 heteroatoms. The second kappa shape index (κ2) is 10.4. The third kappa shape index (κ3) is 8.54. The van der Waals surface area contributed by atoms with Crippen molar-refractivity contribution in [1.82, 2.24) is 0 Å². The van der Waals surface area contributed by atoms with Gasteiger partial charge in [0.1, 0.15) is 5.82 Å². The minimum Gasteiger partial charge on any atom is -0.373 e. The van der Waals surface area contributed by atoms with E-state index in [0.29, 0.717) is 28.7 Å². The van der Waals surface area contributed by atoms with Crippen molar-refractivity contribution in [3.05, 3.63) is 63.9 Å². The van der Waals surface area contributed by atoms with Crippen LogP contribution in [0.15, 0.2) is 51.8 Å². The summed E-state index contributed by atoms with van der Waals surface area (Å²) in [5.74, 6) is -0.338. The van der Waals surface area contributed by atoms with Crippen LogP contribution in [0.1, 0.15) is 30.1 Å². The largest absolute Gasteiger partial charge is 0.416 e. The smallest absolute Gasteiger partial charge is 0.373 e. The van der Waals surface area contributed by atoms with Crippen LogP contribution in [0.2, 0.25) is 0 Å². The zero-order valence-corrected chi connectivity index (χ0v) is 18.9. The highest BCUT2D eigenvalue weighted by atomic mass is 79.9. The molecule has 0 amide bonds. The van der Waals surface area contributed by atoms with Crippen molar-refractivity contribution in [2.24, 2.45) is 0 Å². The number of halogens is 5. The lowest BCUT2D eigenvalue weighted by atomic mass is 10.0. The number of benzene rings is 2. The highest BCUT2D eigenvalue weighted by Gasteiger charge is 2.31. The molecule has 30 heavy (non-hydrogen) atoms. The second-order valence-corrected chi connectivity index (χ2v) is 10.2. The molecule has 0 bridgehead atoms. The maximum atomic E-state index is 13.4. The fraction of sp³-hybridized carbons (Fsp3) is 0.368. The zero-order chi connectivity index (χ0) is 22.5. The van der Waals surface area contributed by atoms with Crippen LogP contribution >= 0.6 is 27.7 Å². The molecule has 0 spiro atoms. The van der Waals surface area contributed by atoms with E-state index in [2.05, 4.69) is 15.9 Å². The van der Waals surface area contributed by atoms with E-state index in [4.69, 9.17) is 9.29 Å². The summed E-state index contributed by atoms with van der Waals surface area (Å²) in [6, 6.07) is 10.1. The van der Waals surface area contributed by atoms with Gasteiger partial charge in [-0.05, 0) is 64.7 Å². The van der Waals surface area contributed by atoms with Gasteiger partial charge in [0, 0.05) is 16.8 Å². The first-order valence-corrected chi connectivity index (χ1v) is 12.2. The number of rotatable bonds is 3. The predicted molar refractivity (Wildman–Crippen MR) is 111 cm³/mol. The van der Waals surface area contributed by atoms with Gasteiger partial charge in [-0.25, -0.2) is 4.39 Å². The zero-order valence-electron chi connectivity index (χ0n) is 15.7. The Balaban J connectivity index is 0.000000575. The molecule has 1 heterocycles. The average Bonchev–Trinajstić information content (AvgIpc) is 2.62. The molecule has 2 unspecified atom stereocenters. The van der Waals surface area contributed by atoms with Crippen LogP contribution in [0.25, 0.3) is 0 Å². The van der Waals surface area contributed by atoms with Crippen LogP contribution in [0.4, 0.5) is 17.6 Å². The molecule has 0 saturated carbocycles. The molecule has 2 aromatic rings. The summed E-state index contributed by atoms with van der Waals surface area (Å²) < 4.78 is 83.9. The van der Waals surface area contributed by atoms with Crippen molar-refractivity contribution in [2.45, 2.75) is 35.3 Å². The van der Waals surface area contributed by atoms with Crippen molar-refractivity contribution in [2.75, 3.05) is 12.9 Å². The number of hydrogen-bond acceptors (Lipinski definition) is 4. The minimum absolute atomic E-state index is 0.145. The van der Waals surface area contributed by atoms with E-state index >= 15 is 0 Å². The van der Waals surface area contributed by atoms with Crippen molar-refractivity contribution < 1.29 is 35.3 Å². The Kier molecular flexibility index (Phi) is 8.75. The first-order valence-electron chi connectivity index (χ1n) is 8.66. The molecule has 3 rings (SSSR count). The molecular formula is C19H19BrF4O4S2. The van der Waals surface area contributed by atoms with Crippen molar-refractivity contribution in [3.8, 4) is 0 Å². The van der Waals surface area contributed by atoms with Gasteiger partial charge >= 0.3 is 6.18 Å². The lowest BCUT2D eigenvalue weighted by Gasteiger charge is -2.29. The van der Waals surface area contributed by atoms with Crippen molar-refractivity contribution in [3.63, 3.8) is 0 Å². The van der Waals surface area contributed by atoms with Crippen LogP contribution in [0.3, 0.4) is 0 Å². The fourth-order valence-electron chi connectivity index (χ4n) is 2.76. The lowest BCUT2D eigenvalue weighted by Crippen LogP contribution is -2.21. The maximum absolute atomic E-state index is 13.4. The Hall–Kier alpha value is -1.14. The number of ether oxygens (including phenoxy) is 1. The normalized spacial score (nSPS) is 19.7. The minimum atomic E-state index is -4.34. The molecular weight excluding hydrogens is 512 g/mol. The van der Waals surface area contributed by atoms with Crippen LogP contribution in [0, 0.1) is 5.82 Å². The summed E-state index contributed by atoms with van der Waals surface area (Å²) in [4.78, 5) is 0.598. The summed E-state index contributed by atoms with van der Waals surface area (Å²) in [5.41, 5.74) is 0.228. The van der Waals surface area contributed by atoms with Crippen LogP contribution < -0.4 is 0 Å². The van der Waals surface area contributed by atoms with Gasteiger partial charge in [-0.15, -0.1) is 11.8 Å². The Morgan fingerprint density at radius 3 is 2.47 bits per heavy atom. The molecule has 1 N–H and O–H groups in total. The topological polar surface area (TPSA) is 63.6 Å². The SMILES string of the molecule is CS(=O)(=O)O.Fc1ccc(C2CC(Sc3cccc(C(F)(F)F)c3)CCO2)cc1Br. The van der Waals surface area contributed by atoms with Gasteiger partial charge in [0.2, 0.25) is 0 Å². The molecule has 4 nitrogen and oxygen atoms in total. The van der Waals surface area contributed by atoms with Gasteiger partial charge in [0.05, 0.1) is 22.4 Å². The van der Waals surface area contributed by atoms with E-state index in [1.165, 1.54) is 30.0 Å². The Morgan fingerprint density at radius 2 is 1.87 bits per heavy atom. The van der Waals surface area contributed by atoms with Crippen molar-refractivity contribution >= 4 is 37.8 Å². The van der Waals surface area contributed by atoms with E-state index in [0.717, 1.165) is 18.1 Å². The van der Waals surface area contributed by atoms with Crippen LogP contribution in [0.5, 0.6) is 0 Å². The molecule has 166 valence electrons. The number of hydrogen-bond donors (Lipinski definition) is 1. The Morgan fingerprint density at radius 1 is 1.20 bits per heavy atom. The Bertz CT molecular complexity index is 959. The van der Waals surface area contributed by atoms with E-state index in [1.54, 1.807) is 18.2 Å². The molecule has 2 atom stereocenters. The summed E-state index contributed by atoms with van der Waals surface area (Å²) in [6.07, 6.45) is -2.38. The number of thioether (sulfide) groups is 1. The first-order chi connectivity index (χ1) is 13.8. The molecule has 2 aromatic carbocycles. The van der Waals surface area contributed by atoms with Gasteiger partial charge in [0.15, 0.2) is 0 Å². The van der Waals surface area contributed by atoms with Crippen LogP contribution in [-0.4, -0.2) is 31.1 Å². The van der Waals surface area contributed by atoms with E-state index in [9.17, 15) is 26.0 Å². The van der Waals surface area contributed by atoms with E-state index in [1.807, 2.05) is 0 Å². The van der Waals surface area contributed by atoms with Gasteiger partial charge in [-0.1, -0.05) is 12.1 Å². The molecule has 0 radical (unpaired) electrons. The molecule has 0 aliphatic carbocycles. The first kappa shape index (κ1) is 25.1. The molecule has 1 saturated heterocycles. The highest BCUT2D eigenvalue weighted by Crippen LogP contribution is 2.39. The molecule has 1 aliphatic rings. The van der Waals surface area contributed by atoms with E-state index < -0.39 is 21.9 Å². The molecule has 1 fully saturated rings. The average molecular weight is 531 g/mol. The Labute approximate surface area is 184 Å². The summed E-state index contributed by atoms with van der Waals surface area (Å²) in [5, 5.41) is 0.145.